The van der Waals surface area contributed by atoms with Crippen LogP contribution in [0.25, 0.3) is 11.0 Å². The Bertz CT molecular complexity index is 1110. The van der Waals surface area contributed by atoms with Gasteiger partial charge in [0, 0.05) is 0 Å². The summed E-state index contributed by atoms with van der Waals surface area (Å²) in [5, 5.41) is 4.01. The van der Waals surface area contributed by atoms with Crippen molar-refractivity contribution in [2.75, 3.05) is 6.54 Å². The van der Waals surface area contributed by atoms with Gasteiger partial charge in [-0.25, -0.2) is 9.37 Å². The monoisotopic (exact) mass is 393 g/mol. The third-order valence-electron chi connectivity index (χ3n) is 5.10. The smallest absolute Gasteiger partial charge is 0.240 e. The van der Waals surface area contributed by atoms with Crippen molar-refractivity contribution in [3.8, 4) is 5.75 Å². The van der Waals surface area contributed by atoms with Gasteiger partial charge in [0.2, 0.25) is 11.7 Å². The number of fused-ring (bicyclic) bond motifs is 1. The Hall–Kier alpha value is -3.26. The molecule has 0 spiro atoms. The van der Waals surface area contributed by atoms with Crippen molar-refractivity contribution in [2.45, 2.75) is 32.0 Å². The summed E-state index contributed by atoms with van der Waals surface area (Å²) in [4.78, 5) is 14.6. The molecule has 0 unspecified atom stereocenters. The second-order valence-electron chi connectivity index (χ2n) is 7.12. The van der Waals surface area contributed by atoms with E-state index in [9.17, 15) is 4.39 Å². The van der Waals surface area contributed by atoms with Gasteiger partial charge in [0.25, 0.3) is 0 Å². The molecule has 2 aromatic heterocycles. The Kier molecular flexibility index (Phi) is 4.69. The number of halogens is 1. The molecule has 0 bridgehead atoms. The lowest BCUT2D eigenvalue weighted by Gasteiger charge is -2.20. The molecule has 148 valence electrons. The topological polar surface area (TPSA) is 80.1 Å². The molecule has 1 N–H and O–H groups in total. The van der Waals surface area contributed by atoms with E-state index in [1.54, 1.807) is 6.07 Å². The van der Waals surface area contributed by atoms with E-state index in [4.69, 9.17) is 9.26 Å². The van der Waals surface area contributed by atoms with Crippen LogP contribution in [0.1, 0.15) is 36.4 Å². The van der Waals surface area contributed by atoms with E-state index in [2.05, 4.69) is 25.0 Å². The summed E-state index contributed by atoms with van der Waals surface area (Å²) in [6.07, 6.45) is 2.02. The van der Waals surface area contributed by atoms with Crippen molar-refractivity contribution in [3.63, 3.8) is 0 Å². The van der Waals surface area contributed by atoms with Gasteiger partial charge < -0.3 is 14.2 Å². The fraction of sp³-hybridized carbons (Fsp3) is 0.286. The molecule has 0 radical (unpaired) electrons. The molecule has 1 aliphatic heterocycles. The lowest BCUT2D eigenvalue weighted by molar-refractivity contribution is 0.206. The second-order valence-corrected chi connectivity index (χ2v) is 7.12. The number of rotatable bonds is 6. The molecule has 0 amide bonds. The van der Waals surface area contributed by atoms with Crippen LogP contribution in [0.15, 0.2) is 53.1 Å². The first-order valence-electron chi connectivity index (χ1n) is 9.63. The van der Waals surface area contributed by atoms with Gasteiger partial charge in [0.05, 0.1) is 23.6 Å². The summed E-state index contributed by atoms with van der Waals surface area (Å²) in [5.41, 5.74) is 1.48. The highest BCUT2D eigenvalue weighted by Crippen LogP contribution is 2.32. The summed E-state index contributed by atoms with van der Waals surface area (Å²) in [5.74, 6) is 2.40. The van der Waals surface area contributed by atoms with Gasteiger partial charge in [-0.1, -0.05) is 23.4 Å². The zero-order valence-corrected chi connectivity index (χ0v) is 15.7. The normalized spacial score (nSPS) is 17.2. The lowest BCUT2D eigenvalue weighted by atomic mass is 10.2. The van der Waals surface area contributed by atoms with Crippen LogP contribution >= 0.6 is 0 Å². The van der Waals surface area contributed by atoms with E-state index in [1.807, 2.05) is 30.3 Å². The quantitative estimate of drug-likeness (QED) is 0.533. The second kappa shape index (κ2) is 7.63. The van der Waals surface area contributed by atoms with Gasteiger partial charge in [-0.15, -0.1) is 0 Å². The molecule has 7 nitrogen and oxygen atoms in total. The van der Waals surface area contributed by atoms with Crippen molar-refractivity contribution in [1.82, 2.24) is 25.0 Å². The number of nitrogens with zero attached hydrogens (tertiary/aromatic N) is 4. The maximum atomic E-state index is 13.5. The standard InChI is InChI=1S/C21H20FN5O2/c22-14-8-9-16-17(11-14)24-21(23-16)18-7-4-10-27(18)12-20-25-19(26-29-20)13-28-15-5-2-1-3-6-15/h1-3,5-6,8-9,11,18H,4,7,10,12-13H2,(H,23,24)/t18-/m1/s1. The Morgan fingerprint density at radius 1 is 1.17 bits per heavy atom. The van der Waals surface area contributed by atoms with Crippen molar-refractivity contribution in [3.05, 3.63) is 71.9 Å². The van der Waals surface area contributed by atoms with E-state index in [0.29, 0.717) is 23.8 Å². The minimum atomic E-state index is -0.271. The van der Waals surface area contributed by atoms with Crippen LogP contribution in [-0.4, -0.2) is 31.6 Å². The summed E-state index contributed by atoms with van der Waals surface area (Å²) in [7, 11) is 0. The Morgan fingerprint density at radius 3 is 2.97 bits per heavy atom. The molecule has 8 heteroatoms. The number of hydrogen-bond acceptors (Lipinski definition) is 6. The number of benzene rings is 2. The number of likely N-dealkylation sites (tertiary alicyclic amines) is 1. The largest absolute Gasteiger partial charge is 0.485 e. The molecule has 0 aliphatic carbocycles. The summed E-state index contributed by atoms with van der Waals surface area (Å²) in [6.45, 7) is 1.70. The summed E-state index contributed by atoms with van der Waals surface area (Å²) < 4.78 is 24.5. The maximum absolute atomic E-state index is 13.5. The van der Waals surface area contributed by atoms with Gasteiger partial charge >= 0.3 is 0 Å². The van der Waals surface area contributed by atoms with Crippen LogP contribution < -0.4 is 4.74 Å². The van der Waals surface area contributed by atoms with Crippen LogP contribution in [0.4, 0.5) is 4.39 Å². The molecule has 3 heterocycles. The first-order chi connectivity index (χ1) is 14.2. The van der Waals surface area contributed by atoms with E-state index in [0.717, 1.165) is 36.5 Å². The summed E-state index contributed by atoms with van der Waals surface area (Å²) >= 11 is 0. The Morgan fingerprint density at radius 2 is 2.07 bits per heavy atom. The Labute approximate surface area is 166 Å². The first-order valence-corrected chi connectivity index (χ1v) is 9.63. The Balaban J connectivity index is 1.26. The number of hydrogen-bond donors (Lipinski definition) is 1. The van der Waals surface area contributed by atoms with Gasteiger partial charge in [0.1, 0.15) is 17.4 Å². The first kappa shape index (κ1) is 17.8. The highest BCUT2D eigenvalue weighted by atomic mass is 19.1. The number of aromatic nitrogens is 4. The third kappa shape index (κ3) is 3.84. The molecule has 4 aromatic rings. The van der Waals surface area contributed by atoms with Crippen LogP contribution in [0.3, 0.4) is 0 Å². The number of nitrogens with one attached hydrogen (secondary N) is 1. The third-order valence-corrected chi connectivity index (χ3v) is 5.10. The van der Waals surface area contributed by atoms with Crippen molar-refractivity contribution in [2.24, 2.45) is 0 Å². The fourth-order valence-electron chi connectivity index (χ4n) is 3.74. The molecular formula is C21H20FN5O2. The van der Waals surface area contributed by atoms with Crippen molar-refractivity contribution in [1.29, 1.82) is 0 Å². The van der Waals surface area contributed by atoms with Crippen LogP contribution in [0.5, 0.6) is 5.75 Å². The zero-order valence-electron chi connectivity index (χ0n) is 15.7. The van der Waals surface area contributed by atoms with Crippen molar-refractivity contribution >= 4 is 11.0 Å². The van der Waals surface area contributed by atoms with Crippen LogP contribution in [0.2, 0.25) is 0 Å². The van der Waals surface area contributed by atoms with E-state index >= 15 is 0 Å². The minimum Gasteiger partial charge on any atom is -0.485 e. The average molecular weight is 393 g/mol. The highest BCUT2D eigenvalue weighted by molar-refractivity contribution is 5.75. The maximum Gasteiger partial charge on any atom is 0.240 e. The predicted molar refractivity (Wildman–Crippen MR) is 104 cm³/mol. The van der Waals surface area contributed by atoms with Crippen LogP contribution in [0, 0.1) is 5.82 Å². The van der Waals surface area contributed by atoms with E-state index in [-0.39, 0.29) is 18.5 Å². The number of ether oxygens (including phenoxy) is 1. The average Bonchev–Trinajstić information content (AvgIpc) is 3.46. The van der Waals surface area contributed by atoms with Crippen molar-refractivity contribution < 1.29 is 13.7 Å². The van der Waals surface area contributed by atoms with Gasteiger partial charge in [0.15, 0.2) is 6.61 Å². The minimum absolute atomic E-state index is 0.112. The molecule has 1 aliphatic rings. The molecular weight excluding hydrogens is 373 g/mol. The zero-order chi connectivity index (χ0) is 19.6. The van der Waals surface area contributed by atoms with E-state index < -0.39 is 0 Å². The molecule has 2 aromatic carbocycles. The lowest BCUT2D eigenvalue weighted by Crippen LogP contribution is -2.23. The number of imidazole rings is 1. The molecule has 1 saturated heterocycles. The van der Waals surface area contributed by atoms with Gasteiger partial charge in [-0.05, 0) is 49.7 Å². The van der Waals surface area contributed by atoms with E-state index in [1.165, 1.54) is 12.1 Å². The molecule has 1 fully saturated rings. The highest BCUT2D eigenvalue weighted by Gasteiger charge is 2.30. The molecule has 1 atom stereocenters. The number of aromatic amines is 1. The summed E-state index contributed by atoms with van der Waals surface area (Å²) in [6, 6.07) is 14.2. The van der Waals surface area contributed by atoms with Crippen LogP contribution in [-0.2, 0) is 13.2 Å². The van der Waals surface area contributed by atoms with Gasteiger partial charge in [-0.2, -0.15) is 4.98 Å². The predicted octanol–water partition coefficient (Wildman–Crippen LogP) is 4.00. The number of H-pyrrole nitrogens is 1. The number of para-hydroxylation sites is 1. The molecule has 5 rings (SSSR count). The SMILES string of the molecule is Fc1ccc2nc([C@H]3CCCN3Cc3nc(COc4ccccc4)no3)[nH]c2c1. The fourth-order valence-corrected chi connectivity index (χ4v) is 3.74. The molecule has 29 heavy (non-hydrogen) atoms. The molecule has 0 saturated carbocycles. The van der Waals surface area contributed by atoms with Gasteiger partial charge in [-0.3, -0.25) is 4.90 Å².